The van der Waals surface area contributed by atoms with E-state index in [4.69, 9.17) is 21.1 Å². The number of hydrazone groups is 1. The SMILES string of the molecule is CC(=NNC(=O)O)c1cc2cc(Cl)ccc2o1. The molecule has 0 unspecified atom stereocenters. The van der Waals surface area contributed by atoms with E-state index in [0.717, 1.165) is 5.39 Å². The Hall–Kier alpha value is -2.01. The maximum absolute atomic E-state index is 10.3. The summed E-state index contributed by atoms with van der Waals surface area (Å²) in [6.45, 7) is 1.65. The fraction of sp³-hybridized carbons (Fsp3) is 0.0909. The van der Waals surface area contributed by atoms with Gasteiger partial charge in [-0.2, -0.15) is 5.10 Å². The van der Waals surface area contributed by atoms with Crippen LogP contribution in [0.3, 0.4) is 0 Å². The normalized spacial score (nSPS) is 11.8. The first-order chi connectivity index (χ1) is 8.06. The molecule has 5 nitrogen and oxygen atoms in total. The lowest BCUT2D eigenvalue weighted by Gasteiger charge is -1.94. The highest BCUT2D eigenvalue weighted by Gasteiger charge is 2.07. The molecular weight excluding hydrogens is 244 g/mol. The highest BCUT2D eigenvalue weighted by atomic mass is 35.5. The number of benzene rings is 1. The van der Waals surface area contributed by atoms with Crippen LogP contribution in [-0.4, -0.2) is 16.9 Å². The van der Waals surface area contributed by atoms with E-state index >= 15 is 0 Å². The predicted molar refractivity (Wildman–Crippen MR) is 64.6 cm³/mol. The highest BCUT2D eigenvalue weighted by molar-refractivity contribution is 6.31. The monoisotopic (exact) mass is 252 g/mol. The van der Waals surface area contributed by atoms with Gasteiger partial charge in [0.15, 0.2) is 5.76 Å². The van der Waals surface area contributed by atoms with Gasteiger partial charge in [0.05, 0.1) is 0 Å². The van der Waals surface area contributed by atoms with Crippen LogP contribution in [-0.2, 0) is 0 Å². The van der Waals surface area contributed by atoms with E-state index in [2.05, 4.69) is 5.10 Å². The number of nitrogens with zero attached hydrogens (tertiary/aromatic N) is 1. The van der Waals surface area contributed by atoms with Crippen molar-refractivity contribution in [3.63, 3.8) is 0 Å². The van der Waals surface area contributed by atoms with E-state index in [-0.39, 0.29) is 0 Å². The summed E-state index contributed by atoms with van der Waals surface area (Å²) in [6.07, 6.45) is -1.22. The van der Waals surface area contributed by atoms with E-state index < -0.39 is 6.09 Å². The van der Waals surface area contributed by atoms with E-state index in [1.807, 2.05) is 5.43 Å². The van der Waals surface area contributed by atoms with Crippen molar-refractivity contribution in [1.82, 2.24) is 5.43 Å². The van der Waals surface area contributed by atoms with Crippen LogP contribution in [0.4, 0.5) is 4.79 Å². The number of amides is 1. The number of halogens is 1. The van der Waals surface area contributed by atoms with Crippen molar-refractivity contribution < 1.29 is 14.3 Å². The molecule has 2 aromatic rings. The minimum Gasteiger partial charge on any atom is -0.464 e. The minimum absolute atomic E-state index is 0.444. The highest BCUT2D eigenvalue weighted by Crippen LogP contribution is 2.23. The van der Waals surface area contributed by atoms with Gasteiger partial charge in [-0.25, -0.2) is 10.2 Å². The molecule has 0 atom stereocenters. The maximum Gasteiger partial charge on any atom is 0.425 e. The van der Waals surface area contributed by atoms with Gasteiger partial charge in [0.25, 0.3) is 0 Å². The zero-order chi connectivity index (χ0) is 12.4. The number of hydrogen-bond donors (Lipinski definition) is 2. The smallest absolute Gasteiger partial charge is 0.425 e. The summed E-state index contributed by atoms with van der Waals surface area (Å²) < 4.78 is 5.49. The first kappa shape index (κ1) is 11.5. The molecule has 0 aliphatic carbocycles. The summed E-state index contributed by atoms with van der Waals surface area (Å²) in [7, 11) is 0. The van der Waals surface area contributed by atoms with Crippen molar-refractivity contribution in [3.05, 3.63) is 35.0 Å². The lowest BCUT2D eigenvalue weighted by Crippen LogP contribution is -2.15. The van der Waals surface area contributed by atoms with Crippen molar-refractivity contribution in [2.45, 2.75) is 6.92 Å². The van der Waals surface area contributed by atoms with Gasteiger partial charge >= 0.3 is 6.09 Å². The van der Waals surface area contributed by atoms with Crippen molar-refractivity contribution in [2.75, 3.05) is 0 Å². The summed E-state index contributed by atoms with van der Waals surface area (Å²) in [5.41, 5.74) is 3.04. The van der Waals surface area contributed by atoms with E-state index in [0.29, 0.717) is 22.1 Å². The number of nitrogens with one attached hydrogen (secondary N) is 1. The summed E-state index contributed by atoms with van der Waals surface area (Å²) in [4.78, 5) is 10.3. The zero-order valence-electron chi connectivity index (χ0n) is 8.90. The van der Waals surface area contributed by atoms with Gasteiger partial charge in [0.2, 0.25) is 0 Å². The third-order valence-electron chi connectivity index (χ3n) is 2.15. The Labute approximate surface area is 102 Å². The van der Waals surface area contributed by atoms with Crippen molar-refractivity contribution in [3.8, 4) is 0 Å². The Kier molecular flexibility index (Phi) is 3.01. The Morgan fingerprint density at radius 3 is 2.94 bits per heavy atom. The maximum atomic E-state index is 10.3. The average Bonchev–Trinajstić information content (AvgIpc) is 2.68. The predicted octanol–water partition coefficient (Wildman–Crippen LogP) is 3.08. The second-order valence-electron chi connectivity index (χ2n) is 3.41. The molecular formula is C11H9ClN2O3. The molecule has 1 aromatic heterocycles. The first-order valence-corrected chi connectivity index (χ1v) is 5.17. The van der Waals surface area contributed by atoms with Crippen molar-refractivity contribution in [2.24, 2.45) is 5.10 Å². The van der Waals surface area contributed by atoms with Crippen LogP contribution in [0.25, 0.3) is 11.0 Å². The fourth-order valence-electron chi connectivity index (χ4n) is 1.38. The number of carbonyl (C=O) groups is 1. The van der Waals surface area contributed by atoms with Crippen LogP contribution in [0.15, 0.2) is 33.8 Å². The molecule has 0 aliphatic heterocycles. The summed E-state index contributed by atoms with van der Waals surface area (Å²) >= 11 is 5.85. The first-order valence-electron chi connectivity index (χ1n) is 4.79. The third-order valence-corrected chi connectivity index (χ3v) is 2.39. The average molecular weight is 253 g/mol. The van der Waals surface area contributed by atoms with Crippen LogP contribution >= 0.6 is 11.6 Å². The Bertz CT molecular complexity index is 604. The molecule has 1 aromatic carbocycles. The standard InChI is InChI=1S/C11H9ClN2O3/c1-6(13-14-11(15)16)10-5-7-4-8(12)2-3-9(7)17-10/h2-5,14H,1H3,(H,15,16). The third kappa shape index (κ3) is 2.57. The van der Waals surface area contributed by atoms with Gasteiger partial charge in [-0.05, 0) is 31.2 Å². The molecule has 0 saturated carbocycles. The van der Waals surface area contributed by atoms with Gasteiger partial charge in [-0.1, -0.05) is 11.6 Å². The van der Waals surface area contributed by atoms with E-state index in [9.17, 15) is 4.79 Å². The Balaban J connectivity index is 2.36. The molecule has 2 N–H and O–H groups in total. The van der Waals surface area contributed by atoms with Crippen molar-refractivity contribution >= 4 is 34.4 Å². The number of carboxylic acid groups (broad SMARTS) is 1. The molecule has 17 heavy (non-hydrogen) atoms. The molecule has 1 amide bonds. The lowest BCUT2D eigenvalue weighted by atomic mass is 10.2. The minimum atomic E-state index is -1.22. The Morgan fingerprint density at radius 1 is 1.47 bits per heavy atom. The topological polar surface area (TPSA) is 74.8 Å². The second kappa shape index (κ2) is 4.47. The van der Waals surface area contributed by atoms with Gasteiger partial charge in [0.1, 0.15) is 11.3 Å². The summed E-state index contributed by atoms with van der Waals surface area (Å²) in [5, 5.41) is 13.5. The molecule has 1 heterocycles. The second-order valence-corrected chi connectivity index (χ2v) is 3.84. The quantitative estimate of drug-likeness (QED) is 0.637. The molecule has 0 aliphatic rings. The van der Waals surface area contributed by atoms with E-state index in [1.54, 1.807) is 31.2 Å². The molecule has 0 fully saturated rings. The number of furan rings is 1. The van der Waals surface area contributed by atoms with Gasteiger partial charge in [0, 0.05) is 10.4 Å². The molecule has 0 radical (unpaired) electrons. The number of rotatable bonds is 2. The summed E-state index contributed by atoms with van der Waals surface area (Å²) in [5.74, 6) is 0.496. The Morgan fingerprint density at radius 2 is 2.24 bits per heavy atom. The van der Waals surface area contributed by atoms with Crippen LogP contribution in [0, 0.1) is 0 Å². The van der Waals surface area contributed by atoms with Crippen LogP contribution < -0.4 is 5.43 Å². The largest absolute Gasteiger partial charge is 0.464 e. The van der Waals surface area contributed by atoms with Crippen molar-refractivity contribution in [1.29, 1.82) is 0 Å². The molecule has 88 valence electrons. The molecule has 0 spiro atoms. The van der Waals surface area contributed by atoms with Gasteiger partial charge in [-0.3, -0.25) is 0 Å². The number of hydrogen-bond acceptors (Lipinski definition) is 3. The molecule has 2 rings (SSSR count). The molecule has 0 saturated heterocycles. The van der Waals surface area contributed by atoms with Crippen LogP contribution in [0.1, 0.15) is 12.7 Å². The number of fused-ring (bicyclic) bond motifs is 1. The van der Waals surface area contributed by atoms with Crippen LogP contribution in [0.5, 0.6) is 0 Å². The summed E-state index contributed by atoms with van der Waals surface area (Å²) in [6, 6.07) is 6.99. The fourth-order valence-corrected chi connectivity index (χ4v) is 1.56. The molecule has 6 heteroatoms. The van der Waals surface area contributed by atoms with Crippen LogP contribution in [0.2, 0.25) is 5.02 Å². The zero-order valence-corrected chi connectivity index (χ0v) is 9.65. The molecule has 0 bridgehead atoms. The van der Waals surface area contributed by atoms with Gasteiger partial charge < -0.3 is 9.52 Å². The van der Waals surface area contributed by atoms with E-state index in [1.165, 1.54) is 0 Å². The lowest BCUT2D eigenvalue weighted by molar-refractivity contribution is 0.195. The van der Waals surface area contributed by atoms with Gasteiger partial charge in [-0.15, -0.1) is 0 Å².